The summed E-state index contributed by atoms with van der Waals surface area (Å²) in [6.45, 7) is 9.72. The molecule has 2 heterocycles. The fraction of sp³-hybridized carbons (Fsp3) is 0.600. The SMILES string of the molecule is CCc1nn(Cc2c(Cl)c(CC)nn2CC)c(CC)c1N. The Morgan fingerprint density at radius 3 is 2.05 bits per heavy atom. The molecule has 0 spiro atoms. The van der Waals surface area contributed by atoms with E-state index in [0.29, 0.717) is 6.54 Å². The first-order valence-corrected chi connectivity index (χ1v) is 8.03. The van der Waals surface area contributed by atoms with Gasteiger partial charge >= 0.3 is 0 Å². The van der Waals surface area contributed by atoms with Gasteiger partial charge in [0.25, 0.3) is 0 Å². The van der Waals surface area contributed by atoms with Gasteiger partial charge in [-0.05, 0) is 26.2 Å². The van der Waals surface area contributed by atoms with Gasteiger partial charge in [-0.1, -0.05) is 32.4 Å². The van der Waals surface area contributed by atoms with Crippen LogP contribution in [0.2, 0.25) is 5.02 Å². The van der Waals surface area contributed by atoms with Crippen molar-refractivity contribution in [2.45, 2.75) is 60.0 Å². The van der Waals surface area contributed by atoms with Crippen molar-refractivity contribution < 1.29 is 0 Å². The monoisotopic (exact) mass is 309 g/mol. The van der Waals surface area contributed by atoms with Crippen LogP contribution < -0.4 is 5.73 Å². The van der Waals surface area contributed by atoms with Gasteiger partial charge in [0.2, 0.25) is 0 Å². The zero-order valence-electron chi connectivity index (χ0n) is 13.3. The van der Waals surface area contributed by atoms with Crippen LogP contribution in [0.15, 0.2) is 0 Å². The second-order valence-electron chi connectivity index (χ2n) is 5.05. The smallest absolute Gasteiger partial charge is 0.0869 e. The summed E-state index contributed by atoms with van der Waals surface area (Å²) >= 11 is 6.48. The van der Waals surface area contributed by atoms with Crippen LogP contribution in [-0.4, -0.2) is 19.6 Å². The van der Waals surface area contributed by atoms with Gasteiger partial charge < -0.3 is 5.73 Å². The van der Waals surface area contributed by atoms with Crippen LogP contribution in [0.25, 0.3) is 0 Å². The highest BCUT2D eigenvalue weighted by Gasteiger charge is 2.18. The lowest BCUT2D eigenvalue weighted by Gasteiger charge is -2.09. The minimum atomic E-state index is 0.618. The van der Waals surface area contributed by atoms with Crippen molar-refractivity contribution in [3.8, 4) is 0 Å². The van der Waals surface area contributed by atoms with E-state index in [4.69, 9.17) is 17.3 Å². The fourth-order valence-corrected chi connectivity index (χ4v) is 2.97. The summed E-state index contributed by atoms with van der Waals surface area (Å²) in [5, 5.41) is 9.96. The standard InChI is InChI=1S/C15H24ClN5/c1-5-10-14(16)13(20(8-4)18-10)9-21-12(7-3)15(17)11(6-2)19-21/h5-9,17H2,1-4H3. The molecule has 0 aliphatic carbocycles. The molecule has 5 nitrogen and oxygen atoms in total. The molecule has 0 atom stereocenters. The molecule has 0 fully saturated rings. The maximum Gasteiger partial charge on any atom is 0.0869 e. The highest BCUT2D eigenvalue weighted by Crippen LogP contribution is 2.25. The molecule has 0 aliphatic rings. The summed E-state index contributed by atoms with van der Waals surface area (Å²) in [5.74, 6) is 0. The minimum Gasteiger partial charge on any atom is -0.396 e. The van der Waals surface area contributed by atoms with Crippen molar-refractivity contribution in [2.24, 2.45) is 0 Å². The van der Waals surface area contributed by atoms with Crippen LogP contribution in [0.5, 0.6) is 0 Å². The molecule has 21 heavy (non-hydrogen) atoms. The normalized spacial score (nSPS) is 11.3. The average Bonchev–Trinajstić information content (AvgIpc) is 2.97. The van der Waals surface area contributed by atoms with Gasteiger partial charge in [-0.2, -0.15) is 10.2 Å². The largest absolute Gasteiger partial charge is 0.396 e. The summed E-state index contributed by atoms with van der Waals surface area (Å²) in [6, 6.07) is 0. The lowest BCUT2D eigenvalue weighted by atomic mass is 10.2. The predicted octanol–water partition coefficient (Wildman–Crippen LogP) is 3.07. The van der Waals surface area contributed by atoms with E-state index in [9.17, 15) is 0 Å². The number of nitrogens with two attached hydrogens (primary N) is 1. The molecule has 0 saturated carbocycles. The highest BCUT2D eigenvalue weighted by atomic mass is 35.5. The molecule has 2 aromatic rings. The van der Waals surface area contributed by atoms with Gasteiger partial charge in [-0.25, -0.2) is 0 Å². The van der Waals surface area contributed by atoms with Crippen molar-refractivity contribution >= 4 is 17.3 Å². The van der Waals surface area contributed by atoms with E-state index in [1.54, 1.807) is 0 Å². The molecule has 2 aromatic heterocycles. The third kappa shape index (κ3) is 2.79. The first-order valence-electron chi connectivity index (χ1n) is 7.65. The number of nitrogens with zero attached hydrogens (tertiary/aromatic N) is 4. The summed E-state index contributed by atoms with van der Waals surface area (Å²) < 4.78 is 3.94. The molecule has 6 heteroatoms. The van der Waals surface area contributed by atoms with Crippen LogP contribution in [0, 0.1) is 0 Å². The Balaban J connectivity index is 2.45. The molecule has 0 radical (unpaired) electrons. The Hall–Kier alpha value is -1.49. The van der Waals surface area contributed by atoms with E-state index in [2.05, 4.69) is 37.9 Å². The van der Waals surface area contributed by atoms with Crippen molar-refractivity contribution in [3.63, 3.8) is 0 Å². The fourth-order valence-electron chi connectivity index (χ4n) is 2.64. The molecule has 2 N–H and O–H groups in total. The number of halogens is 1. The molecule has 0 amide bonds. The zero-order chi connectivity index (χ0) is 15.6. The number of aryl methyl sites for hydroxylation is 3. The van der Waals surface area contributed by atoms with Gasteiger partial charge in [0.05, 0.1) is 40.0 Å². The zero-order valence-corrected chi connectivity index (χ0v) is 14.0. The van der Waals surface area contributed by atoms with Crippen LogP contribution >= 0.6 is 11.6 Å². The number of anilines is 1. The van der Waals surface area contributed by atoms with Crippen molar-refractivity contribution in [1.29, 1.82) is 0 Å². The number of aromatic nitrogens is 4. The number of hydrogen-bond donors (Lipinski definition) is 1. The number of nitrogen functional groups attached to an aromatic ring is 1. The molecule has 0 aliphatic heterocycles. The Morgan fingerprint density at radius 2 is 1.52 bits per heavy atom. The first-order chi connectivity index (χ1) is 10.1. The maximum absolute atomic E-state index is 6.48. The predicted molar refractivity (Wildman–Crippen MR) is 86.8 cm³/mol. The van der Waals surface area contributed by atoms with Gasteiger partial charge in [-0.15, -0.1) is 0 Å². The molecule has 0 aromatic carbocycles. The Morgan fingerprint density at radius 1 is 0.905 bits per heavy atom. The topological polar surface area (TPSA) is 61.7 Å². The number of rotatable bonds is 6. The van der Waals surface area contributed by atoms with Crippen LogP contribution in [0.1, 0.15) is 50.5 Å². The molecule has 0 bridgehead atoms. The van der Waals surface area contributed by atoms with Crippen LogP contribution in [0.4, 0.5) is 5.69 Å². The van der Waals surface area contributed by atoms with E-state index in [-0.39, 0.29) is 0 Å². The van der Waals surface area contributed by atoms with E-state index < -0.39 is 0 Å². The Kier molecular flexibility index (Phi) is 4.93. The lowest BCUT2D eigenvalue weighted by Crippen LogP contribution is -2.12. The molecular formula is C15H24ClN5. The van der Waals surface area contributed by atoms with Crippen LogP contribution in [-0.2, 0) is 32.4 Å². The summed E-state index contributed by atoms with van der Waals surface area (Å²) in [7, 11) is 0. The third-order valence-electron chi connectivity index (χ3n) is 3.84. The second-order valence-corrected chi connectivity index (χ2v) is 5.43. The Labute approximate surface area is 131 Å². The maximum atomic E-state index is 6.48. The molecular weight excluding hydrogens is 286 g/mol. The Bertz CT molecular complexity index is 627. The quantitative estimate of drug-likeness (QED) is 0.892. The molecule has 0 unspecified atom stereocenters. The highest BCUT2D eigenvalue weighted by molar-refractivity contribution is 6.31. The van der Waals surface area contributed by atoms with Gasteiger partial charge in [0.15, 0.2) is 0 Å². The molecule has 116 valence electrons. The third-order valence-corrected chi connectivity index (χ3v) is 4.27. The summed E-state index contributed by atoms with van der Waals surface area (Å²) in [5.41, 5.74) is 11.0. The number of hydrogen-bond acceptors (Lipinski definition) is 3. The van der Waals surface area contributed by atoms with E-state index in [1.807, 2.05) is 9.36 Å². The van der Waals surface area contributed by atoms with Crippen molar-refractivity contribution in [2.75, 3.05) is 5.73 Å². The van der Waals surface area contributed by atoms with Gasteiger partial charge in [-0.3, -0.25) is 9.36 Å². The lowest BCUT2D eigenvalue weighted by molar-refractivity contribution is 0.560. The first kappa shape index (κ1) is 15.9. The molecule has 0 saturated heterocycles. The van der Waals surface area contributed by atoms with E-state index in [0.717, 1.165) is 59.3 Å². The summed E-state index contributed by atoms with van der Waals surface area (Å²) in [4.78, 5) is 0. The van der Waals surface area contributed by atoms with Crippen molar-refractivity contribution in [3.05, 3.63) is 27.8 Å². The van der Waals surface area contributed by atoms with E-state index >= 15 is 0 Å². The second kappa shape index (κ2) is 6.52. The van der Waals surface area contributed by atoms with Crippen LogP contribution in [0.3, 0.4) is 0 Å². The summed E-state index contributed by atoms with van der Waals surface area (Å²) in [6.07, 6.45) is 2.53. The van der Waals surface area contributed by atoms with Gasteiger partial charge in [0.1, 0.15) is 0 Å². The van der Waals surface area contributed by atoms with Gasteiger partial charge in [0, 0.05) is 6.54 Å². The average molecular weight is 310 g/mol. The minimum absolute atomic E-state index is 0.618. The van der Waals surface area contributed by atoms with Crippen molar-refractivity contribution in [1.82, 2.24) is 19.6 Å². The molecule has 2 rings (SSSR count). The van der Waals surface area contributed by atoms with E-state index in [1.165, 1.54) is 0 Å².